The number of likely N-dealkylation sites (tertiary alicyclic amines) is 1. The Balaban J connectivity index is 1.75. The number of nitrogens with one attached hydrogen (secondary N) is 1. The minimum atomic E-state index is -0.791. The van der Waals surface area contributed by atoms with Crippen LogP contribution in [-0.4, -0.2) is 29.8 Å². The van der Waals surface area contributed by atoms with Gasteiger partial charge in [-0.25, -0.2) is 0 Å². The Morgan fingerprint density at radius 2 is 1.81 bits per heavy atom. The molecule has 1 aromatic carbocycles. The molecule has 2 fully saturated rings. The SMILES string of the molecule is Cc1ccc(C)c(NC(=O)C2(C(=O)N3CCCC3)CC2)c1. The van der Waals surface area contributed by atoms with Gasteiger partial charge in [0.15, 0.2) is 0 Å². The molecule has 0 radical (unpaired) electrons. The minimum Gasteiger partial charge on any atom is -0.342 e. The van der Waals surface area contributed by atoms with Crippen molar-refractivity contribution in [3.8, 4) is 0 Å². The summed E-state index contributed by atoms with van der Waals surface area (Å²) in [6, 6.07) is 5.98. The first-order chi connectivity index (χ1) is 10.0. The second-order valence-electron chi connectivity index (χ2n) is 6.35. The van der Waals surface area contributed by atoms with Crippen LogP contribution in [0.1, 0.15) is 36.8 Å². The largest absolute Gasteiger partial charge is 0.342 e. The fourth-order valence-corrected chi connectivity index (χ4v) is 3.00. The van der Waals surface area contributed by atoms with Crippen LogP contribution in [0, 0.1) is 19.3 Å². The lowest BCUT2D eigenvalue weighted by Crippen LogP contribution is -2.41. The van der Waals surface area contributed by atoms with E-state index in [2.05, 4.69) is 5.32 Å². The average Bonchev–Trinajstić information content (AvgIpc) is 3.10. The van der Waals surface area contributed by atoms with Gasteiger partial charge < -0.3 is 10.2 Å². The van der Waals surface area contributed by atoms with E-state index in [0.29, 0.717) is 12.8 Å². The molecule has 21 heavy (non-hydrogen) atoms. The van der Waals surface area contributed by atoms with Gasteiger partial charge in [0, 0.05) is 18.8 Å². The Kier molecular flexibility index (Phi) is 3.47. The Morgan fingerprint density at radius 3 is 2.43 bits per heavy atom. The number of aryl methyl sites for hydroxylation is 2. The summed E-state index contributed by atoms with van der Waals surface area (Å²) < 4.78 is 0. The van der Waals surface area contributed by atoms with Crippen LogP contribution in [0.4, 0.5) is 5.69 Å². The van der Waals surface area contributed by atoms with E-state index in [1.54, 1.807) is 0 Å². The molecule has 1 N–H and O–H groups in total. The number of carbonyl (C=O) groups excluding carboxylic acids is 2. The number of anilines is 1. The second kappa shape index (κ2) is 5.17. The van der Waals surface area contributed by atoms with E-state index in [1.165, 1.54) is 0 Å². The summed E-state index contributed by atoms with van der Waals surface area (Å²) in [5, 5.41) is 2.97. The maximum Gasteiger partial charge on any atom is 0.240 e. The van der Waals surface area contributed by atoms with Gasteiger partial charge in [-0.1, -0.05) is 12.1 Å². The summed E-state index contributed by atoms with van der Waals surface area (Å²) in [6.45, 7) is 5.57. The molecule has 2 aliphatic rings. The second-order valence-corrected chi connectivity index (χ2v) is 6.35. The lowest BCUT2D eigenvalue weighted by molar-refractivity contribution is -0.141. The molecule has 0 atom stereocenters. The van der Waals surface area contributed by atoms with E-state index in [4.69, 9.17) is 0 Å². The van der Waals surface area contributed by atoms with Crippen LogP contribution < -0.4 is 5.32 Å². The maximum absolute atomic E-state index is 12.6. The molecule has 0 aromatic heterocycles. The lowest BCUT2D eigenvalue weighted by Gasteiger charge is -2.22. The maximum atomic E-state index is 12.6. The zero-order chi connectivity index (χ0) is 15.0. The van der Waals surface area contributed by atoms with Crippen LogP contribution in [-0.2, 0) is 9.59 Å². The molecule has 4 nitrogen and oxygen atoms in total. The molecule has 0 bridgehead atoms. The quantitative estimate of drug-likeness (QED) is 0.868. The Bertz CT molecular complexity index is 584. The number of amides is 2. The highest BCUT2D eigenvalue weighted by atomic mass is 16.2. The van der Waals surface area contributed by atoms with E-state index < -0.39 is 5.41 Å². The van der Waals surface area contributed by atoms with Crippen molar-refractivity contribution in [3.05, 3.63) is 29.3 Å². The van der Waals surface area contributed by atoms with Crippen molar-refractivity contribution < 1.29 is 9.59 Å². The third kappa shape index (κ3) is 2.55. The Morgan fingerprint density at radius 1 is 1.14 bits per heavy atom. The van der Waals surface area contributed by atoms with Crippen molar-refractivity contribution in [1.82, 2.24) is 4.90 Å². The summed E-state index contributed by atoms with van der Waals surface area (Å²) in [6.07, 6.45) is 3.47. The van der Waals surface area contributed by atoms with Crippen molar-refractivity contribution in [2.24, 2.45) is 5.41 Å². The monoisotopic (exact) mass is 286 g/mol. The highest BCUT2D eigenvalue weighted by molar-refractivity contribution is 6.13. The number of hydrogen-bond acceptors (Lipinski definition) is 2. The van der Waals surface area contributed by atoms with Gasteiger partial charge in [-0.15, -0.1) is 0 Å². The van der Waals surface area contributed by atoms with Gasteiger partial charge in [0.25, 0.3) is 0 Å². The van der Waals surface area contributed by atoms with Gasteiger partial charge in [0.1, 0.15) is 5.41 Å². The molecular weight excluding hydrogens is 264 g/mol. The molecule has 1 aliphatic carbocycles. The highest BCUT2D eigenvalue weighted by Gasteiger charge is 2.58. The molecule has 2 amide bonds. The number of carbonyl (C=O) groups is 2. The summed E-state index contributed by atoms with van der Waals surface area (Å²) in [4.78, 5) is 27.0. The van der Waals surface area contributed by atoms with E-state index in [-0.39, 0.29) is 11.8 Å². The lowest BCUT2D eigenvalue weighted by atomic mass is 10.0. The summed E-state index contributed by atoms with van der Waals surface area (Å²) >= 11 is 0. The fourth-order valence-electron chi connectivity index (χ4n) is 3.00. The standard InChI is InChI=1S/C17H22N2O2/c1-12-5-6-13(2)14(11-12)18-15(20)17(7-8-17)16(21)19-9-3-4-10-19/h5-6,11H,3-4,7-10H2,1-2H3,(H,18,20). The molecule has 1 heterocycles. The van der Waals surface area contributed by atoms with Crippen LogP contribution in [0.2, 0.25) is 0 Å². The number of rotatable bonds is 3. The van der Waals surface area contributed by atoms with E-state index >= 15 is 0 Å². The van der Waals surface area contributed by atoms with Crippen LogP contribution >= 0.6 is 0 Å². The molecular formula is C17H22N2O2. The fraction of sp³-hybridized carbons (Fsp3) is 0.529. The summed E-state index contributed by atoms with van der Waals surface area (Å²) in [7, 11) is 0. The molecule has 112 valence electrons. The van der Waals surface area contributed by atoms with E-state index in [1.807, 2.05) is 36.9 Å². The third-order valence-corrected chi connectivity index (χ3v) is 4.63. The van der Waals surface area contributed by atoms with Gasteiger partial charge in [-0.3, -0.25) is 9.59 Å². The Hall–Kier alpha value is -1.84. The number of hydrogen-bond donors (Lipinski definition) is 1. The summed E-state index contributed by atoms with van der Waals surface area (Å²) in [5.41, 5.74) is 2.16. The van der Waals surface area contributed by atoms with Crippen LogP contribution in [0.5, 0.6) is 0 Å². The average molecular weight is 286 g/mol. The topological polar surface area (TPSA) is 49.4 Å². The van der Waals surface area contributed by atoms with Gasteiger partial charge in [0.2, 0.25) is 11.8 Å². The van der Waals surface area contributed by atoms with Crippen molar-refractivity contribution in [3.63, 3.8) is 0 Å². The molecule has 0 unspecified atom stereocenters. The van der Waals surface area contributed by atoms with Crippen molar-refractivity contribution >= 4 is 17.5 Å². The zero-order valence-corrected chi connectivity index (χ0v) is 12.7. The van der Waals surface area contributed by atoms with E-state index in [0.717, 1.165) is 42.7 Å². The third-order valence-electron chi connectivity index (χ3n) is 4.63. The first-order valence-electron chi connectivity index (χ1n) is 7.71. The van der Waals surface area contributed by atoms with Gasteiger partial charge in [-0.05, 0) is 56.7 Å². The Labute approximate surface area is 125 Å². The predicted molar refractivity (Wildman–Crippen MR) is 82.0 cm³/mol. The van der Waals surface area contributed by atoms with Crippen LogP contribution in [0.25, 0.3) is 0 Å². The predicted octanol–water partition coefficient (Wildman–Crippen LogP) is 2.64. The van der Waals surface area contributed by atoms with Crippen molar-refractivity contribution in [2.45, 2.75) is 39.5 Å². The van der Waals surface area contributed by atoms with Crippen molar-refractivity contribution in [1.29, 1.82) is 0 Å². The normalized spacial score (nSPS) is 19.4. The summed E-state index contributed by atoms with van der Waals surface area (Å²) in [5.74, 6) is -0.101. The molecule has 0 spiro atoms. The van der Waals surface area contributed by atoms with Crippen LogP contribution in [0.15, 0.2) is 18.2 Å². The van der Waals surface area contributed by atoms with E-state index in [9.17, 15) is 9.59 Å². The molecule has 1 aromatic rings. The smallest absolute Gasteiger partial charge is 0.240 e. The molecule has 1 saturated heterocycles. The molecule has 1 aliphatic heterocycles. The molecule has 3 rings (SSSR count). The highest BCUT2D eigenvalue weighted by Crippen LogP contribution is 2.48. The number of nitrogens with zero attached hydrogens (tertiary/aromatic N) is 1. The first-order valence-corrected chi connectivity index (χ1v) is 7.71. The van der Waals surface area contributed by atoms with Crippen molar-refractivity contribution in [2.75, 3.05) is 18.4 Å². The van der Waals surface area contributed by atoms with Gasteiger partial charge in [0.05, 0.1) is 0 Å². The van der Waals surface area contributed by atoms with Gasteiger partial charge in [-0.2, -0.15) is 0 Å². The van der Waals surface area contributed by atoms with Crippen LogP contribution in [0.3, 0.4) is 0 Å². The molecule has 1 saturated carbocycles. The molecule has 4 heteroatoms. The minimum absolute atomic E-state index is 0.0304. The number of benzene rings is 1. The first kappa shape index (κ1) is 14.1. The van der Waals surface area contributed by atoms with Gasteiger partial charge >= 0.3 is 0 Å². The zero-order valence-electron chi connectivity index (χ0n) is 12.7.